The van der Waals surface area contributed by atoms with Crippen molar-refractivity contribution < 1.29 is 34.5 Å². The van der Waals surface area contributed by atoms with Crippen LogP contribution < -0.4 is 0 Å². The van der Waals surface area contributed by atoms with E-state index in [-0.39, 0.29) is 0 Å². The summed E-state index contributed by atoms with van der Waals surface area (Å²) in [6.45, 7) is 0. The monoisotopic (exact) mass is 221 g/mol. The van der Waals surface area contributed by atoms with Gasteiger partial charge >= 0.3 is 17.9 Å². The topological polar surface area (TPSA) is 151 Å². The molecule has 0 rings (SSSR count). The number of aliphatic hydroxyl groups is 1. The zero-order chi connectivity index (χ0) is 12.1. The van der Waals surface area contributed by atoms with Crippen LogP contribution in [0, 0.1) is 4.91 Å². The first-order valence-corrected chi connectivity index (χ1v) is 3.52. The molecule has 0 aliphatic carbocycles. The molecule has 0 saturated heterocycles. The van der Waals surface area contributed by atoms with Crippen molar-refractivity contribution in [2.45, 2.75) is 18.4 Å². The molecule has 9 heteroatoms. The van der Waals surface area contributed by atoms with Gasteiger partial charge in [-0.25, -0.2) is 9.59 Å². The largest absolute Gasteiger partial charge is 0.481 e. The van der Waals surface area contributed by atoms with Crippen LogP contribution in [0.4, 0.5) is 0 Å². The minimum atomic E-state index is -2.81. The molecule has 1 atom stereocenters. The highest BCUT2D eigenvalue weighted by molar-refractivity contribution is 5.88. The van der Waals surface area contributed by atoms with Crippen molar-refractivity contribution >= 4 is 17.9 Å². The van der Waals surface area contributed by atoms with Gasteiger partial charge in [-0.05, 0) is 0 Å². The molecule has 0 saturated carbocycles. The van der Waals surface area contributed by atoms with Gasteiger partial charge in [-0.3, -0.25) is 9.63 Å². The summed E-state index contributed by atoms with van der Waals surface area (Å²) in [4.78, 5) is 44.2. The van der Waals surface area contributed by atoms with Crippen LogP contribution in [0.2, 0.25) is 0 Å². The van der Waals surface area contributed by atoms with Gasteiger partial charge in [0.15, 0.2) is 10.9 Å². The molecule has 0 aliphatic heterocycles. The first-order valence-electron chi connectivity index (χ1n) is 3.52. The minimum absolute atomic E-state index is 1.18. The molecule has 84 valence electrons. The fourth-order valence-corrected chi connectivity index (χ4v) is 0.777. The van der Waals surface area contributed by atoms with Gasteiger partial charge in [0.1, 0.15) is 0 Å². The van der Waals surface area contributed by atoms with Crippen molar-refractivity contribution in [1.29, 1.82) is 0 Å². The third-order valence-electron chi connectivity index (χ3n) is 1.42. The van der Waals surface area contributed by atoms with Crippen molar-refractivity contribution in [2.24, 2.45) is 5.34 Å². The Hall–Kier alpha value is -2.03. The Morgan fingerprint density at radius 1 is 1.20 bits per heavy atom. The molecule has 0 aromatic heterocycles. The molecule has 3 N–H and O–H groups in total. The molecular formula is C6H7NO8. The quantitative estimate of drug-likeness (QED) is 0.377. The Morgan fingerprint density at radius 3 is 2.07 bits per heavy atom. The summed E-state index contributed by atoms with van der Waals surface area (Å²) in [5, 5.41) is 27.7. The second kappa shape index (κ2) is 5.00. The lowest BCUT2D eigenvalue weighted by molar-refractivity contribution is -0.172. The summed E-state index contributed by atoms with van der Waals surface area (Å²) >= 11 is 0. The molecule has 0 fully saturated rings. The smallest absolute Gasteiger partial charge is 0.342 e. The van der Waals surface area contributed by atoms with Crippen LogP contribution in [0.3, 0.4) is 0 Å². The Balaban J connectivity index is 4.65. The average molecular weight is 221 g/mol. The summed E-state index contributed by atoms with van der Waals surface area (Å²) in [5.74, 6) is -4.96. The normalized spacial score (nSPS) is 13.7. The molecule has 0 radical (unpaired) electrons. The number of carboxylic acid groups (broad SMARTS) is 2. The molecular weight excluding hydrogens is 214 g/mol. The SMILES string of the molecule is O=NOC(=O)CC(O)(CC(=O)O)C(=O)O. The van der Waals surface area contributed by atoms with Crippen molar-refractivity contribution in [3.05, 3.63) is 4.91 Å². The lowest BCUT2D eigenvalue weighted by atomic mass is 9.96. The van der Waals surface area contributed by atoms with Crippen LogP contribution in [0.1, 0.15) is 12.8 Å². The molecule has 0 aromatic rings. The number of carbonyl (C=O) groups is 3. The molecule has 15 heavy (non-hydrogen) atoms. The minimum Gasteiger partial charge on any atom is -0.481 e. The zero-order valence-electron chi connectivity index (χ0n) is 7.24. The third kappa shape index (κ3) is 4.13. The van der Waals surface area contributed by atoms with Gasteiger partial charge in [-0.2, -0.15) is 0 Å². The predicted molar refractivity (Wildman–Crippen MR) is 41.3 cm³/mol. The van der Waals surface area contributed by atoms with Crippen LogP contribution in [0.25, 0.3) is 0 Å². The van der Waals surface area contributed by atoms with E-state index in [9.17, 15) is 24.4 Å². The van der Waals surface area contributed by atoms with E-state index < -0.39 is 36.4 Å². The second-order valence-electron chi connectivity index (χ2n) is 2.62. The molecule has 0 heterocycles. The Bertz CT molecular complexity index is 300. The highest BCUT2D eigenvalue weighted by atomic mass is 16.7. The first-order chi connectivity index (χ1) is 6.81. The molecule has 0 bridgehead atoms. The van der Waals surface area contributed by atoms with Gasteiger partial charge < -0.3 is 15.3 Å². The van der Waals surface area contributed by atoms with Crippen LogP contribution in [0.15, 0.2) is 5.34 Å². The number of hydrogen-bond acceptors (Lipinski definition) is 7. The van der Waals surface area contributed by atoms with Crippen molar-refractivity contribution in [1.82, 2.24) is 0 Å². The van der Waals surface area contributed by atoms with E-state index in [2.05, 4.69) is 4.84 Å². The summed E-state index contributed by atoms with van der Waals surface area (Å²) in [7, 11) is 0. The van der Waals surface area contributed by atoms with Gasteiger partial charge in [0.25, 0.3) is 0 Å². The number of aliphatic carboxylic acids is 2. The maximum atomic E-state index is 10.6. The average Bonchev–Trinajstić information content (AvgIpc) is 2.01. The number of carboxylic acids is 2. The number of hydrogen-bond donors (Lipinski definition) is 3. The standard InChI is InChI=1S/C6H7NO8/c8-3(9)1-6(13,5(11)12)2-4(10)15-7-14/h13H,1-2H2,(H,8,9)(H,11,12). The van der Waals surface area contributed by atoms with E-state index >= 15 is 0 Å². The molecule has 9 nitrogen and oxygen atoms in total. The Kier molecular flexibility index (Phi) is 4.33. The van der Waals surface area contributed by atoms with Crippen LogP contribution >= 0.6 is 0 Å². The van der Waals surface area contributed by atoms with E-state index in [1.54, 1.807) is 5.34 Å². The number of carbonyl (C=O) groups excluding carboxylic acids is 1. The Morgan fingerprint density at radius 2 is 1.73 bits per heavy atom. The highest BCUT2D eigenvalue weighted by Crippen LogP contribution is 2.16. The summed E-state index contributed by atoms with van der Waals surface area (Å²) in [6, 6.07) is 0. The van der Waals surface area contributed by atoms with Gasteiger partial charge in [-0.1, -0.05) is 0 Å². The fourth-order valence-electron chi connectivity index (χ4n) is 0.777. The number of nitrogens with zero attached hydrogens (tertiary/aromatic N) is 1. The van der Waals surface area contributed by atoms with E-state index in [1.807, 2.05) is 0 Å². The van der Waals surface area contributed by atoms with E-state index in [4.69, 9.17) is 10.2 Å². The lowest BCUT2D eigenvalue weighted by Crippen LogP contribution is -2.42. The van der Waals surface area contributed by atoms with Gasteiger partial charge in [-0.15, -0.1) is 4.91 Å². The van der Waals surface area contributed by atoms with Crippen molar-refractivity contribution in [2.75, 3.05) is 0 Å². The maximum Gasteiger partial charge on any atom is 0.342 e. The van der Waals surface area contributed by atoms with Crippen molar-refractivity contribution in [3.63, 3.8) is 0 Å². The molecule has 0 amide bonds. The third-order valence-corrected chi connectivity index (χ3v) is 1.42. The lowest BCUT2D eigenvalue weighted by Gasteiger charge is -2.18. The van der Waals surface area contributed by atoms with Gasteiger partial charge in [0.05, 0.1) is 12.8 Å². The molecule has 1 unspecified atom stereocenters. The zero-order valence-corrected chi connectivity index (χ0v) is 7.24. The Labute approximate surface area is 82.2 Å². The van der Waals surface area contributed by atoms with Gasteiger partial charge in [0, 0.05) is 0 Å². The van der Waals surface area contributed by atoms with E-state index in [1.165, 1.54) is 0 Å². The summed E-state index contributed by atoms with van der Waals surface area (Å²) < 4.78 is 0. The van der Waals surface area contributed by atoms with Crippen molar-refractivity contribution in [3.8, 4) is 0 Å². The van der Waals surface area contributed by atoms with Crippen LogP contribution in [0.5, 0.6) is 0 Å². The second-order valence-corrected chi connectivity index (χ2v) is 2.62. The summed E-state index contributed by atoms with van der Waals surface area (Å²) in [5.41, 5.74) is -2.81. The number of rotatable bonds is 6. The predicted octanol–water partition coefficient (Wildman–Crippen LogP) is -1.11. The highest BCUT2D eigenvalue weighted by Gasteiger charge is 2.41. The van der Waals surface area contributed by atoms with E-state index in [0.29, 0.717) is 0 Å². The van der Waals surface area contributed by atoms with Gasteiger partial charge in [0.2, 0.25) is 0 Å². The van der Waals surface area contributed by atoms with Crippen LogP contribution in [-0.4, -0.2) is 38.8 Å². The fraction of sp³-hybridized carbons (Fsp3) is 0.500. The maximum absolute atomic E-state index is 10.6. The molecule has 0 aliphatic rings. The van der Waals surface area contributed by atoms with E-state index in [0.717, 1.165) is 0 Å². The van der Waals surface area contributed by atoms with Crippen LogP contribution in [-0.2, 0) is 19.2 Å². The summed E-state index contributed by atoms with van der Waals surface area (Å²) in [6.07, 6.45) is -2.38. The molecule has 0 aromatic carbocycles. The first kappa shape index (κ1) is 13.0. The molecule has 0 spiro atoms.